The van der Waals surface area contributed by atoms with Crippen LogP contribution in [0.3, 0.4) is 0 Å². The van der Waals surface area contributed by atoms with Crippen LogP contribution in [0.15, 0.2) is 30.3 Å². The number of carbonyl (C=O) groups is 1. The number of benzene rings is 1. The largest absolute Gasteiger partial charge is 0.480 e. The average molecular weight is 281 g/mol. The van der Waals surface area contributed by atoms with Gasteiger partial charge in [0.1, 0.15) is 0 Å². The van der Waals surface area contributed by atoms with Crippen molar-refractivity contribution in [2.24, 2.45) is 0 Å². The highest BCUT2D eigenvalue weighted by atomic mass is 32.2. The Morgan fingerprint density at radius 2 is 2.00 bits per heavy atom. The van der Waals surface area contributed by atoms with Crippen molar-refractivity contribution in [3.8, 4) is 0 Å². The van der Waals surface area contributed by atoms with Crippen LogP contribution in [0.1, 0.15) is 31.7 Å². The molecule has 1 unspecified atom stereocenters. The average Bonchev–Trinajstić information content (AvgIpc) is 2.44. The van der Waals surface area contributed by atoms with Crippen molar-refractivity contribution in [3.63, 3.8) is 0 Å². The number of thioether (sulfide) groups is 1. The molecule has 106 valence electrons. The number of hydrogen-bond acceptors (Lipinski definition) is 3. The quantitative estimate of drug-likeness (QED) is 0.683. The van der Waals surface area contributed by atoms with Gasteiger partial charge < -0.3 is 10.4 Å². The standard InChI is InChI=1S/C15H23NO2S/c1-3-4-8-11-19-12-15(16-2,14(17)18)13-9-6-5-7-10-13/h5-7,9-10,16H,3-4,8,11-12H2,1-2H3,(H,17,18). The smallest absolute Gasteiger partial charge is 0.329 e. The molecule has 2 N–H and O–H groups in total. The number of unbranched alkanes of at least 4 members (excludes halogenated alkanes) is 2. The maximum atomic E-state index is 11.7. The predicted octanol–water partition coefficient (Wildman–Crippen LogP) is 3.11. The SMILES string of the molecule is CCCCCSCC(NC)(C(=O)O)c1ccccc1. The van der Waals surface area contributed by atoms with Crippen molar-refractivity contribution in [1.29, 1.82) is 0 Å². The van der Waals surface area contributed by atoms with Crippen molar-refractivity contribution in [1.82, 2.24) is 5.32 Å². The molecule has 0 aromatic heterocycles. The number of aliphatic carboxylic acids is 1. The summed E-state index contributed by atoms with van der Waals surface area (Å²) in [6.45, 7) is 2.17. The van der Waals surface area contributed by atoms with Crippen molar-refractivity contribution in [2.45, 2.75) is 31.7 Å². The highest BCUT2D eigenvalue weighted by molar-refractivity contribution is 7.99. The second-order valence-electron chi connectivity index (χ2n) is 4.59. The minimum atomic E-state index is -0.988. The van der Waals surface area contributed by atoms with E-state index in [1.807, 2.05) is 30.3 Å². The van der Waals surface area contributed by atoms with Crippen molar-refractivity contribution in [3.05, 3.63) is 35.9 Å². The van der Waals surface area contributed by atoms with Gasteiger partial charge >= 0.3 is 5.97 Å². The lowest BCUT2D eigenvalue weighted by Crippen LogP contribution is -2.49. The van der Waals surface area contributed by atoms with Crippen LogP contribution in [-0.4, -0.2) is 29.6 Å². The summed E-state index contributed by atoms with van der Waals surface area (Å²) in [6, 6.07) is 9.41. The third kappa shape index (κ3) is 4.25. The summed E-state index contributed by atoms with van der Waals surface area (Å²) in [5, 5.41) is 12.6. The molecule has 0 aliphatic heterocycles. The summed E-state index contributed by atoms with van der Waals surface area (Å²) in [4.78, 5) is 11.7. The molecule has 0 fully saturated rings. The van der Waals surface area contributed by atoms with Crippen LogP contribution < -0.4 is 5.32 Å². The van der Waals surface area contributed by atoms with E-state index in [0.717, 1.165) is 17.7 Å². The Bertz CT molecular complexity index is 383. The molecular formula is C15H23NO2S. The Morgan fingerprint density at radius 3 is 2.53 bits per heavy atom. The van der Waals surface area contributed by atoms with Gasteiger partial charge in [0.2, 0.25) is 0 Å². The molecule has 1 aromatic rings. The van der Waals surface area contributed by atoms with Crippen LogP contribution in [0.5, 0.6) is 0 Å². The molecule has 1 atom stereocenters. The van der Waals surface area contributed by atoms with E-state index in [1.165, 1.54) is 12.8 Å². The number of nitrogens with one attached hydrogen (secondary N) is 1. The summed E-state index contributed by atoms with van der Waals surface area (Å²) in [7, 11) is 1.72. The molecule has 1 aromatic carbocycles. The van der Waals surface area contributed by atoms with Gasteiger partial charge in [0.25, 0.3) is 0 Å². The van der Waals surface area contributed by atoms with Crippen LogP contribution in [0.2, 0.25) is 0 Å². The maximum Gasteiger partial charge on any atom is 0.329 e. The Balaban J connectivity index is 2.74. The van der Waals surface area contributed by atoms with Gasteiger partial charge in [-0.25, -0.2) is 4.79 Å². The van der Waals surface area contributed by atoms with Gasteiger partial charge in [0, 0.05) is 5.75 Å². The molecule has 0 aliphatic rings. The lowest BCUT2D eigenvalue weighted by atomic mass is 9.92. The monoisotopic (exact) mass is 281 g/mol. The molecule has 0 saturated heterocycles. The third-order valence-electron chi connectivity index (χ3n) is 3.27. The van der Waals surface area contributed by atoms with Gasteiger partial charge in [-0.05, 0) is 24.8 Å². The van der Waals surface area contributed by atoms with Gasteiger partial charge in [-0.3, -0.25) is 0 Å². The Morgan fingerprint density at radius 1 is 1.32 bits per heavy atom. The van der Waals surface area contributed by atoms with Crippen LogP contribution >= 0.6 is 11.8 Å². The van der Waals surface area contributed by atoms with Crippen LogP contribution in [0.25, 0.3) is 0 Å². The molecule has 0 aliphatic carbocycles. The molecule has 19 heavy (non-hydrogen) atoms. The van der Waals surface area contributed by atoms with Crippen LogP contribution in [0, 0.1) is 0 Å². The minimum Gasteiger partial charge on any atom is -0.480 e. The first-order valence-corrected chi connectivity index (χ1v) is 7.88. The van der Waals surface area contributed by atoms with Crippen molar-refractivity contribution in [2.75, 3.05) is 18.6 Å². The normalized spacial score (nSPS) is 14.0. The van der Waals surface area contributed by atoms with Gasteiger partial charge in [0.05, 0.1) is 0 Å². The first-order valence-electron chi connectivity index (χ1n) is 6.73. The first-order chi connectivity index (χ1) is 9.17. The molecule has 0 amide bonds. The van der Waals surface area contributed by atoms with Gasteiger partial charge in [-0.15, -0.1) is 0 Å². The fraction of sp³-hybridized carbons (Fsp3) is 0.533. The van der Waals surface area contributed by atoms with Gasteiger partial charge in [-0.2, -0.15) is 11.8 Å². The number of hydrogen-bond donors (Lipinski definition) is 2. The molecule has 0 bridgehead atoms. The van der Waals surface area contributed by atoms with E-state index in [1.54, 1.807) is 18.8 Å². The van der Waals surface area contributed by atoms with E-state index >= 15 is 0 Å². The van der Waals surface area contributed by atoms with E-state index < -0.39 is 11.5 Å². The molecule has 0 radical (unpaired) electrons. The molecule has 4 heteroatoms. The molecule has 3 nitrogen and oxygen atoms in total. The molecule has 1 rings (SSSR count). The summed E-state index contributed by atoms with van der Waals surface area (Å²) < 4.78 is 0. The zero-order chi connectivity index (χ0) is 14.1. The molecule has 0 saturated carbocycles. The van der Waals surface area contributed by atoms with E-state index in [2.05, 4.69) is 12.2 Å². The fourth-order valence-corrected chi connectivity index (χ4v) is 3.29. The van der Waals surface area contributed by atoms with Crippen molar-refractivity contribution >= 4 is 17.7 Å². The lowest BCUT2D eigenvalue weighted by Gasteiger charge is -2.29. The Hall–Kier alpha value is -1.00. The zero-order valence-electron chi connectivity index (χ0n) is 11.7. The third-order valence-corrected chi connectivity index (χ3v) is 4.48. The molecular weight excluding hydrogens is 258 g/mol. The fourth-order valence-electron chi connectivity index (χ4n) is 1.99. The van der Waals surface area contributed by atoms with E-state index in [9.17, 15) is 9.90 Å². The van der Waals surface area contributed by atoms with E-state index in [0.29, 0.717) is 5.75 Å². The van der Waals surface area contributed by atoms with Crippen LogP contribution in [-0.2, 0) is 10.3 Å². The van der Waals surface area contributed by atoms with Crippen LogP contribution in [0.4, 0.5) is 0 Å². The summed E-state index contributed by atoms with van der Waals surface area (Å²) >= 11 is 1.70. The predicted molar refractivity (Wildman–Crippen MR) is 81.7 cm³/mol. The topological polar surface area (TPSA) is 49.3 Å². The Kier molecular flexibility index (Phi) is 6.95. The summed E-state index contributed by atoms with van der Waals surface area (Å²) in [5.74, 6) is 0.744. The molecule has 0 spiro atoms. The number of rotatable bonds is 9. The first kappa shape index (κ1) is 16.1. The number of likely N-dealkylation sites (N-methyl/N-ethyl adjacent to an activating group) is 1. The number of carboxylic acid groups (broad SMARTS) is 1. The lowest BCUT2D eigenvalue weighted by molar-refractivity contribution is -0.144. The molecule has 0 heterocycles. The summed E-state index contributed by atoms with van der Waals surface area (Å²) in [5.41, 5.74) is -0.175. The second kappa shape index (κ2) is 8.23. The van der Waals surface area contributed by atoms with Gasteiger partial charge in [-0.1, -0.05) is 50.1 Å². The van der Waals surface area contributed by atoms with E-state index in [4.69, 9.17) is 0 Å². The highest BCUT2D eigenvalue weighted by Gasteiger charge is 2.38. The van der Waals surface area contributed by atoms with Crippen molar-refractivity contribution < 1.29 is 9.90 Å². The minimum absolute atomic E-state index is 0.548. The van der Waals surface area contributed by atoms with E-state index in [-0.39, 0.29) is 0 Å². The zero-order valence-corrected chi connectivity index (χ0v) is 12.5. The Labute approximate surface area is 119 Å². The summed E-state index contributed by atoms with van der Waals surface area (Å²) in [6.07, 6.45) is 3.54. The van der Waals surface area contributed by atoms with Gasteiger partial charge in [0.15, 0.2) is 5.54 Å². The maximum absolute atomic E-state index is 11.7. The second-order valence-corrected chi connectivity index (χ2v) is 5.69. The number of carboxylic acids is 1. The highest BCUT2D eigenvalue weighted by Crippen LogP contribution is 2.26.